The Morgan fingerprint density at radius 1 is 0.564 bits per heavy atom. The van der Waals surface area contributed by atoms with Crippen molar-refractivity contribution in [2.45, 2.75) is 59.6 Å². The summed E-state index contributed by atoms with van der Waals surface area (Å²) in [6.07, 6.45) is 11.2. The van der Waals surface area contributed by atoms with Crippen LogP contribution in [0.1, 0.15) is 13.8 Å². The van der Waals surface area contributed by atoms with Gasteiger partial charge in [0.2, 0.25) is 6.33 Å². The summed E-state index contributed by atoms with van der Waals surface area (Å²) in [6, 6.07) is 0. The van der Waals surface area contributed by atoms with E-state index in [1.54, 1.807) is 13.1 Å². The minimum absolute atomic E-state index is 0.117. The van der Waals surface area contributed by atoms with Crippen LogP contribution in [0.3, 0.4) is 0 Å². The minimum atomic E-state index is -6.72. The van der Waals surface area contributed by atoms with Crippen molar-refractivity contribution in [1.29, 1.82) is 0 Å². The molecule has 0 atom stereocenters. The van der Waals surface area contributed by atoms with Crippen molar-refractivity contribution in [2.24, 2.45) is 0 Å². The monoisotopic (exact) mass is 938 g/mol. The third-order valence-electron chi connectivity index (χ3n) is 4.81. The molecule has 2 aromatic heterocycles. The molecule has 0 saturated carbocycles. The van der Waals surface area contributed by atoms with Gasteiger partial charge in [-0.05, 0) is 13.8 Å². The van der Waals surface area contributed by atoms with E-state index in [0.29, 0.717) is 0 Å². The van der Waals surface area contributed by atoms with Gasteiger partial charge in [0.1, 0.15) is 24.8 Å². The molecule has 2 aromatic rings. The number of hydrogen-bond donors (Lipinski definition) is 0. The third-order valence-corrected chi connectivity index (χ3v) is 11.8. The predicted molar refractivity (Wildman–Crippen MR) is 153 cm³/mol. The van der Waals surface area contributed by atoms with Crippen LogP contribution in [0.15, 0.2) is 49.4 Å². The molecule has 0 aliphatic carbocycles. The Morgan fingerprint density at radius 3 is 1.11 bits per heavy atom. The van der Waals surface area contributed by atoms with Crippen molar-refractivity contribution in [2.75, 3.05) is 0 Å². The maximum Gasteiger partial charge on any atom is 0.509 e. The van der Waals surface area contributed by atoms with Crippen LogP contribution in [-0.2, 0) is 63.0 Å². The highest BCUT2D eigenvalue weighted by molar-refractivity contribution is 8.13. The molecule has 16 nitrogen and oxygen atoms in total. The first-order valence-electron chi connectivity index (χ1n) is 12.5. The number of aromatic nitrogens is 4. The number of imidazole rings is 2. The summed E-state index contributed by atoms with van der Waals surface area (Å²) >= 11 is 0. The molecule has 2 heterocycles. The molecule has 0 N–H and O–H groups in total. The number of aryl methyl sites for hydroxylation is 2. The number of sulfone groups is 1. The van der Waals surface area contributed by atoms with Crippen LogP contribution in [0.25, 0.3) is 20.7 Å². The Balaban J connectivity index is 0. The second-order valence-corrected chi connectivity index (χ2v) is 17.3. The first kappa shape index (κ1) is 53.6. The summed E-state index contributed by atoms with van der Waals surface area (Å²) in [5.41, 5.74) is -30.1. The van der Waals surface area contributed by atoms with E-state index in [9.17, 15) is 108 Å². The van der Waals surface area contributed by atoms with Gasteiger partial charge in [-0.25, -0.2) is 55.8 Å². The van der Waals surface area contributed by atoms with Gasteiger partial charge in [-0.1, -0.05) is 13.2 Å². The Kier molecular flexibility index (Phi) is 17.7. The van der Waals surface area contributed by atoms with Gasteiger partial charge in [0.05, 0.1) is 25.5 Å². The highest BCUT2D eigenvalue weighted by Gasteiger charge is 2.54. The molecule has 2 rings (SSSR count). The Labute approximate surface area is 300 Å². The van der Waals surface area contributed by atoms with Crippen LogP contribution in [-0.4, -0.2) is 78.8 Å². The molecule has 0 saturated heterocycles. The maximum absolute atomic E-state index is 12.4. The van der Waals surface area contributed by atoms with E-state index in [0.717, 1.165) is 30.1 Å². The fraction of sp³-hybridized carbons (Fsp3) is 0.474. The number of alkyl halides is 15. The van der Waals surface area contributed by atoms with Gasteiger partial charge in [-0.3, -0.25) is 0 Å². The van der Waals surface area contributed by atoms with Crippen molar-refractivity contribution in [1.82, 2.24) is 9.13 Å². The molecule has 0 unspecified atom stereocenters. The molecule has 322 valence electrons. The average Bonchev–Trinajstić information content (AvgIpc) is 3.61. The summed E-state index contributed by atoms with van der Waals surface area (Å²) in [5, 5.41) is -0.836. The standard InChI is InChI=1S/C8H10F3N2O2S.C7H11N2.2C2F6NO4S2/c1-3-12-5-6-13(4-2)7(12)16(14,15)8(9,10)11;1-3-8-5-6-9(4-2)7-8;2*3-1(4,5)14(10,11)9-15(12,13)2(6,7)8/h3,5-6H,1,4H2,2H3;3,5-7H,1,4H2,2H3;;/q2*+1;2*-1. The van der Waals surface area contributed by atoms with Crippen LogP contribution in [0.5, 0.6) is 0 Å². The van der Waals surface area contributed by atoms with Gasteiger partial charge >= 0.3 is 42.5 Å². The van der Waals surface area contributed by atoms with Crippen molar-refractivity contribution in [3.8, 4) is 0 Å². The van der Waals surface area contributed by atoms with Crippen molar-refractivity contribution in [3.63, 3.8) is 0 Å². The molecule has 0 spiro atoms. The fourth-order valence-electron chi connectivity index (χ4n) is 2.34. The van der Waals surface area contributed by atoms with E-state index in [4.69, 9.17) is 0 Å². The first-order valence-corrected chi connectivity index (χ1v) is 19.7. The molecule has 0 fully saturated rings. The second kappa shape index (κ2) is 18.2. The zero-order valence-electron chi connectivity index (χ0n) is 26.3. The van der Waals surface area contributed by atoms with E-state index in [-0.39, 0.29) is 6.54 Å². The van der Waals surface area contributed by atoms with Crippen molar-refractivity contribution < 1.29 is 117 Å². The molecule has 0 aliphatic heterocycles. The van der Waals surface area contributed by atoms with Crippen LogP contribution in [0, 0.1) is 0 Å². The lowest BCUT2D eigenvalue weighted by Gasteiger charge is -2.22. The van der Waals surface area contributed by atoms with E-state index in [2.05, 4.69) is 24.6 Å². The summed E-state index contributed by atoms with van der Waals surface area (Å²) in [7, 11) is -32.3. The lowest BCUT2D eigenvalue weighted by Crippen LogP contribution is -2.41. The van der Waals surface area contributed by atoms with Crippen LogP contribution in [0.4, 0.5) is 65.9 Å². The summed E-state index contributed by atoms with van der Waals surface area (Å²) in [5.74, 6) is 0. The number of sulfonamides is 4. The van der Waals surface area contributed by atoms with Gasteiger partial charge in [0.25, 0.3) is 0 Å². The molecular weight excluding hydrogens is 918 g/mol. The largest absolute Gasteiger partial charge is 0.509 e. The maximum atomic E-state index is 12.4. The smallest absolute Gasteiger partial charge is 0.421 e. The van der Waals surface area contributed by atoms with Crippen molar-refractivity contribution in [3.05, 3.63) is 52.5 Å². The number of halogens is 15. The second-order valence-electron chi connectivity index (χ2n) is 8.61. The van der Waals surface area contributed by atoms with Crippen molar-refractivity contribution >= 4 is 62.3 Å². The SMILES string of the molecule is C=Cn1cc[n+](CC)c1.C=Cn1cc[n+](CC)c1S(=O)(=O)C(F)(F)F.O=S(=O)([N-]S(=O)(=O)C(F)(F)F)C(F)(F)F.O=S(=O)([N-]S(=O)(=O)C(F)(F)F)C(F)(F)F. The molecule has 55 heavy (non-hydrogen) atoms. The predicted octanol–water partition coefficient (Wildman–Crippen LogP) is 4.20. The highest BCUT2D eigenvalue weighted by Crippen LogP contribution is 2.37. The summed E-state index contributed by atoms with van der Waals surface area (Å²) in [4.78, 5) is 0. The summed E-state index contributed by atoms with van der Waals surface area (Å²) < 4.78 is 284. The van der Waals surface area contributed by atoms with E-state index in [1.807, 2.05) is 23.3 Å². The lowest BCUT2D eigenvalue weighted by molar-refractivity contribution is -0.730. The van der Waals surface area contributed by atoms with Crippen LogP contribution < -0.4 is 9.13 Å². The molecule has 0 aliphatic rings. The Morgan fingerprint density at radius 2 is 0.909 bits per heavy atom. The van der Waals surface area contributed by atoms with Gasteiger partial charge in [0, 0.05) is 0 Å². The van der Waals surface area contributed by atoms with Crippen LogP contribution in [0.2, 0.25) is 0 Å². The molecule has 36 heteroatoms. The third kappa shape index (κ3) is 14.8. The topological polar surface area (TPSA) is 217 Å². The molecule has 0 radical (unpaired) electrons. The normalized spacial score (nSPS) is 13.6. The molecular formula is C19H21F15N6O10S5. The van der Waals surface area contributed by atoms with Gasteiger partial charge in [-0.2, -0.15) is 70.4 Å². The zero-order chi connectivity index (χ0) is 44.7. The minimum Gasteiger partial charge on any atom is -0.421 e. The molecule has 0 amide bonds. The average molecular weight is 939 g/mol. The van der Waals surface area contributed by atoms with E-state index in [1.165, 1.54) is 12.4 Å². The Bertz CT molecular complexity index is 2010. The van der Waals surface area contributed by atoms with Gasteiger partial charge in [-0.15, -0.1) is 0 Å². The van der Waals surface area contributed by atoms with E-state index < -0.39 is 82.6 Å². The van der Waals surface area contributed by atoms with Gasteiger partial charge < -0.3 is 8.25 Å². The highest BCUT2D eigenvalue weighted by atomic mass is 32.3. The molecule has 0 aromatic carbocycles. The number of rotatable bonds is 9. The Hall–Kier alpha value is -3.48. The van der Waals surface area contributed by atoms with Gasteiger partial charge in [0.15, 0.2) is 40.1 Å². The number of hydrogen-bond acceptors (Lipinski definition) is 10. The zero-order valence-corrected chi connectivity index (χ0v) is 30.4. The lowest BCUT2D eigenvalue weighted by atomic mass is 10.7. The van der Waals surface area contributed by atoms with E-state index >= 15 is 0 Å². The molecule has 0 bridgehead atoms. The first-order chi connectivity index (χ1) is 24.0. The summed E-state index contributed by atoms with van der Waals surface area (Å²) in [6.45, 7) is 11.7. The fourth-order valence-corrected chi connectivity index (χ4v) is 6.88. The number of nitrogens with zero attached hydrogens (tertiary/aromatic N) is 6. The van der Waals surface area contributed by atoms with Crippen LogP contribution >= 0.6 is 0 Å². The quantitative estimate of drug-likeness (QED) is 0.258.